The van der Waals surface area contributed by atoms with Crippen molar-refractivity contribution < 1.29 is 4.79 Å². The number of likely N-dealkylation sites (N-methyl/N-ethyl adjacent to an activating group) is 1. The molecule has 5 nitrogen and oxygen atoms in total. The topological polar surface area (TPSA) is 47.6 Å². The van der Waals surface area contributed by atoms with Crippen molar-refractivity contribution in [3.05, 3.63) is 0 Å². The van der Waals surface area contributed by atoms with Crippen molar-refractivity contribution in [2.75, 3.05) is 46.3 Å². The van der Waals surface area contributed by atoms with E-state index in [1.165, 1.54) is 12.8 Å². The Balaban J connectivity index is 0.00000220. The van der Waals surface area contributed by atoms with Gasteiger partial charge in [0.05, 0.1) is 6.54 Å². The molecule has 1 atom stereocenters. The van der Waals surface area contributed by atoms with Crippen molar-refractivity contribution >= 4 is 30.7 Å². The third kappa shape index (κ3) is 7.01. The molecule has 2 saturated heterocycles. The van der Waals surface area contributed by atoms with Crippen LogP contribution in [0.25, 0.3) is 0 Å². The molecule has 0 aromatic rings. The summed E-state index contributed by atoms with van der Waals surface area (Å²) in [5.74, 6) is 0.205. The number of nitrogens with zero attached hydrogens (tertiary/aromatic N) is 2. The molecule has 2 rings (SSSR count). The van der Waals surface area contributed by atoms with Gasteiger partial charge in [-0.3, -0.25) is 9.69 Å². The summed E-state index contributed by atoms with van der Waals surface area (Å²) in [6.07, 6.45) is 4.61. The molecule has 0 aromatic carbocycles. The monoisotopic (exact) mass is 354 g/mol. The van der Waals surface area contributed by atoms with Crippen molar-refractivity contribution in [3.63, 3.8) is 0 Å². The zero-order valence-corrected chi connectivity index (χ0v) is 15.5. The summed E-state index contributed by atoms with van der Waals surface area (Å²) < 4.78 is 0. The van der Waals surface area contributed by atoms with Crippen LogP contribution in [0.1, 0.15) is 32.6 Å². The standard InChI is InChI=1S/C15H30N4O.2ClH/c1-3-18-9-6-13(7-10-18)17-15(20)12-19-8-4-5-14(11-19)16-2;;/h13-14,16H,3-12H2,1-2H3,(H,17,20);2*1H. The minimum absolute atomic E-state index is 0. The molecule has 2 aliphatic rings. The number of piperidine rings is 2. The molecule has 2 fully saturated rings. The number of hydrogen-bond donors (Lipinski definition) is 2. The van der Waals surface area contributed by atoms with E-state index >= 15 is 0 Å². The highest BCUT2D eigenvalue weighted by Gasteiger charge is 2.23. The maximum atomic E-state index is 12.1. The quantitative estimate of drug-likeness (QED) is 0.776. The van der Waals surface area contributed by atoms with Gasteiger partial charge in [-0.05, 0) is 45.8 Å². The SMILES string of the molecule is CCN1CCC(NC(=O)CN2CCCC(NC)C2)CC1.Cl.Cl. The minimum Gasteiger partial charge on any atom is -0.352 e. The lowest BCUT2D eigenvalue weighted by molar-refractivity contribution is -0.123. The second-order valence-electron chi connectivity index (χ2n) is 6.14. The van der Waals surface area contributed by atoms with Crippen LogP contribution in [0, 0.1) is 0 Å². The molecule has 132 valence electrons. The highest BCUT2D eigenvalue weighted by atomic mass is 35.5. The molecular weight excluding hydrogens is 323 g/mol. The molecule has 7 heteroatoms. The molecular formula is C15H32Cl2N4O. The lowest BCUT2D eigenvalue weighted by Gasteiger charge is -2.34. The molecule has 22 heavy (non-hydrogen) atoms. The van der Waals surface area contributed by atoms with Gasteiger partial charge in [0.1, 0.15) is 0 Å². The van der Waals surface area contributed by atoms with Gasteiger partial charge in [0, 0.05) is 31.7 Å². The van der Waals surface area contributed by atoms with E-state index in [-0.39, 0.29) is 30.7 Å². The maximum absolute atomic E-state index is 12.1. The zero-order valence-electron chi connectivity index (χ0n) is 13.8. The predicted octanol–water partition coefficient (Wildman–Crippen LogP) is 1.11. The summed E-state index contributed by atoms with van der Waals surface area (Å²) in [5.41, 5.74) is 0. The summed E-state index contributed by atoms with van der Waals surface area (Å²) in [5, 5.41) is 6.54. The third-order valence-electron chi connectivity index (χ3n) is 4.68. The van der Waals surface area contributed by atoms with Gasteiger partial charge in [-0.1, -0.05) is 6.92 Å². The number of nitrogens with one attached hydrogen (secondary N) is 2. The van der Waals surface area contributed by atoms with Crippen molar-refractivity contribution in [1.29, 1.82) is 0 Å². The van der Waals surface area contributed by atoms with Crippen LogP contribution in [0.2, 0.25) is 0 Å². The molecule has 0 aliphatic carbocycles. The number of carbonyl (C=O) groups is 1. The average Bonchev–Trinajstić information content (AvgIpc) is 2.48. The Hall–Kier alpha value is -0.0700. The van der Waals surface area contributed by atoms with Gasteiger partial charge < -0.3 is 15.5 Å². The van der Waals surface area contributed by atoms with E-state index in [0.717, 1.165) is 45.6 Å². The lowest BCUT2D eigenvalue weighted by atomic mass is 10.0. The first kappa shape index (κ1) is 21.9. The Morgan fingerprint density at radius 2 is 1.73 bits per heavy atom. The summed E-state index contributed by atoms with van der Waals surface area (Å²) in [6.45, 7) is 8.18. The molecule has 2 N–H and O–H groups in total. The fraction of sp³-hybridized carbons (Fsp3) is 0.933. The third-order valence-corrected chi connectivity index (χ3v) is 4.68. The second kappa shape index (κ2) is 11.5. The van der Waals surface area contributed by atoms with Crippen LogP contribution in [0.3, 0.4) is 0 Å². The molecule has 1 amide bonds. The van der Waals surface area contributed by atoms with Gasteiger partial charge in [-0.2, -0.15) is 0 Å². The second-order valence-corrected chi connectivity index (χ2v) is 6.14. The Kier molecular flexibility index (Phi) is 11.4. The smallest absolute Gasteiger partial charge is 0.234 e. The molecule has 0 radical (unpaired) electrons. The average molecular weight is 355 g/mol. The Morgan fingerprint density at radius 3 is 2.32 bits per heavy atom. The Labute approximate surface area is 147 Å². The number of rotatable bonds is 5. The van der Waals surface area contributed by atoms with E-state index in [1.54, 1.807) is 0 Å². The van der Waals surface area contributed by atoms with Crippen molar-refractivity contribution in [3.8, 4) is 0 Å². The van der Waals surface area contributed by atoms with Crippen LogP contribution < -0.4 is 10.6 Å². The Bertz CT molecular complexity index is 312. The van der Waals surface area contributed by atoms with Crippen LogP contribution in [0.15, 0.2) is 0 Å². The van der Waals surface area contributed by atoms with E-state index in [4.69, 9.17) is 0 Å². The number of halogens is 2. The first-order valence-corrected chi connectivity index (χ1v) is 8.12. The molecule has 0 bridgehead atoms. The first-order valence-electron chi connectivity index (χ1n) is 8.12. The zero-order chi connectivity index (χ0) is 14.4. The number of amides is 1. The van der Waals surface area contributed by atoms with Crippen LogP contribution >= 0.6 is 24.8 Å². The molecule has 2 aliphatic heterocycles. The van der Waals surface area contributed by atoms with Crippen LogP contribution in [-0.4, -0.2) is 74.1 Å². The van der Waals surface area contributed by atoms with E-state index in [2.05, 4.69) is 27.4 Å². The lowest BCUT2D eigenvalue weighted by Crippen LogP contribution is -2.50. The first-order chi connectivity index (χ1) is 9.71. The molecule has 1 unspecified atom stereocenters. The maximum Gasteiger partial charge on any atom is 0.234 e. The van der Waals surface area contributed by atoms with Gasteiger partial charge in [0.25, 0.3) is 0 Å². The Morgan fingerprint density at radius 1 is 1.05 bits per heavy atom. The molecule has 2 heterocycles. The summed E-state index contributed by atoms with van der Waals surface area (Å²) in [4.78, 5) is 16.9. The van der Waals surface area contributed by atoms with Gasteiger partial charge in [0.15, 0.2) is 0 Å². The fourth-order valence-corrected chi connectivity index (χ4v) is 3.30. The van der Waals surface area contributed by atoms with Gasteiger partial charge in [-0.25, -0.2) is 0 Å². The van der Waals surface area contributed by atoms with Crippen LogP contribution in [0.5, 0.6) is 0 Å². The molecule has 0 saturated carbocycles. The van der Waals surface area contributed by atoms with Crippen LogP contribution in [0.4, 0.5) is 0 Å². The fourth-order valence-electron chi connectivity index (χ4n) is 3.30. The highest BCUT2D eigenvalue weighted by molar-refractivity contribution is 5.85. The van der Waals surface area contributed by atoms with Gasteiger partial charge in [-0.15, -0.1) is 24.8 Å². The number of carbonyl (C=O) groups excluding carboxylic acids is 1. The molecule has 0 spiro atoms. The number of hydrogen-bond acceptors (Lipinski definition) is 4. The van der Waals surface area contributed by atoms with Crippen LogP contribution in [-0.2, 0) is 4.79 Å². The largest absolute Gasteiger partial charge is 0.352 e. The van der Waals surface area contributed by atoms with E-state index in [9.17, 15) is 4.79 Å². The van der Waals surface area contributed by atoms with E-state index in [0.29, 0.717) is 18.6 Å². The van der Waals surface area contributed by atoms with Crippen molar-refractivity contribution in [2.24, 2.45) is 0 Å². The molecule has 0 aromatic heterocycles. The predicted molar refractivity (Wildman–Crippen MR) is 96.3 cm³/mol. The van der Waals surface area contributed by atoms with Crippen molar-refractivity contribution in [2.45, 2.75) is 44.7 Å². The minimum atomic E-state index is 0. The van der Waals surface area contributed by atoms with Gasteiger partial charge in [0.2, 0.25) is 5.91 Å². The van der Waals surface area contributed by atoms with E-state index in [1.807, 2.05) is 7.05 Å². The summed E-state index contributed by atoms with van der Waals surface area (Å²) in [7, 11) is 2.01. The number of likely N-dealkylation sites (tertiary alicyclic amines) is 2. The van der Waals surface area contributed by atoms with E-state index < -0.39 is 0 Å². The highest BCUT2D eigenvalue weighted by Crippen LogP contribution is 2.11. The normalized spacial score (nSPS) is 24.2. The van der Waals surface area contributed by atoms with Crippen molar-refractivity contribution in [1.82, 2.24) is 20.4 Å². The van der Waals surface area contributed by atoms with Gasteiger partial charge >= 0.3 is 0 Å². The summed E-state index contributed by atoms with van der Waals surface area (Å²) in [6, 6.07) is 0.930. The summed E-state index contributed by atoms with van der Waals surface area (Å²) >= 11 is 0.